The second-order valence-electron chi connectivity index (χ2n) is 4.18. The van der Waals surface area contributed by atoms with Crippen LogP contribution in [0.25, 0.3) is 0 Å². The maximum atomic E-state index is 12.2. The zero-order valence-corrected chi connectivity index (χ0v) is 10.2. The van der Waals surface area contributed by atoms with Crippen molar-refractivity contribution in [2.75, 3.05) is 0 Å². The molecule has 0 saturated carbocycles. The largest absolute Gasteiger partial charge is 0.471 e. The molecule has 0 aromatic rings. The number of alkyl halides is 3. The topological polar surface area (TPSA) is 84.9 Å². The molecule has 6 nitrogen and oxygen atoms in total. The lowest BCUT2D eigenvalue weighted by Gasteiger charge is -2.38. The molecule has 1 aliphatic rings. The van der Waals surface area contributed by atoms with Crippen LogP contribution in [0.2, 0.25) is 0 Å². The molecule has 1 saturated heterocycles. The maximum Gasteiger partial charge on any atom is 0.471 e. The molecule has 4 atom stereocenters. The van der Waals surface area contributed by atoms with Gasteiger partial charge in [0.15, 0.2) is 6.29 Å². The third kappa shape index (κ3) is 4.35. The Balaban J connectivity index is 2.79. The van der Waals surface area contributed by atoms with E-state index in [1.54, 1.807) is 5.32 Å². The minimum Gasteiger partial charge on any atom is -0.458 e. The van der Waals surface area contributed by atoms with Crippen molar-refractivity contribution in [3.05, 3.63) is 0 Å². The van der Waals surface area contributed by atoms with Gasteiger partial charge in [-0.15, -0.1) is 0 Å². The summed E-state index contributed by atoms with van der Waals surface area (Å²) in [6, 6.07) is -1.17. The normalized spacial score (nSPS) is 31.7. The predicted octanol–water partition coefficient (Wildman–Crippen LogP) is 0.0924. The molecule has 0 aromatic carbocycles. The molecule has 0 bridgehead atoms. The van der Waals surface area contributed by atoms with Gasteiger partial charge >= 0.3 is 18.1 Å². The van der Waals surface area contributed by atoms with Gasteiger partial charge in [0, 0.05) is 13.3 Å². The van der Waals surface area contributed by atoms with Crippen LogP contribution >= 0.6 is 0 Å². The lowest BCUT2D eigenvalue weighted by Crippen LogP contribution is -2.58. The Hall–Kier alpha value is -1.35. The highest BCUT2D eigenvalue weighted by atomic mass is 19.4. The molecule has 1 amide bonds. The highest BCUT2D eigenvalue weighted by molar-refractivity contribution is 5.82. The van der Waals surface area contributed by atoms with E-state index in [2.05, 4.69) is 0 Å². The summed E-state index contributed by atoms with van der Waals surface area (Å²) in [5.74, 6) is -2.88. The van der Waals surface area contributed by atoms with Gasteiger partial charge in [0.1, 0.15) is 6.10 Å². The first kappa shape index (κ1) is 15.7. The molecule has 19 heavy (non-hydrogen) atoms. The zero-order chi connectivity index (χ0) is 14.8. The zero-order valence-electron chi connectivity index (χ0n) is 10.2. The number of amides is 1. The lowest BCUT2D eigenvalue weighted by atomic mass is 9.99. The molecule has 0 radical (unpaired) electrons. The van der Waals surface area contributed by atoms with Gasteiger partial charge in [-0.05, 0) is 6.92 Å². The van der Waals surface area contributed by atoms with Crippen LogP contribution in [-0.4, -0.2) is 47.7 Å². The molecule has 0 spiro atoms. The first-order chi connectivity index (χ1) is 8.61. The molecule has 1 heterocycles. The van der Waals surface area contributed by atoms with Crippen molar-refractivity contribution in [1.29, 1.82) is 0 Å². The van der Waals surface area contributed by atoms with E-state index in [0.717, 1.165) is 6.92 Å². The lowest BCUT2D eigenvalue weighted by molar-refractivity contribution is -0.217. The molecule has 110 valence electrons. The maximum absolute atomic E-state index is 12.2. The van der Waals surface area contributed by atoms with Crippen molar-refractivity contribution >= 4 is 11.9 Å². The van der Waals surface area contributed by atoms with Crippen molar-refractivity contribution in [1.82, 2.24) is 5.32 Å². The number of aliphatic hydroxyl groups is 1. The van der Waals surface area contributed by atoms with E-state index in [-0.39, 0.29) is 6.42 Å². The van der Waals surface area contributed by atoms with Crippen molar-refractivity contribution in [2.24, 2.45) is 0 Å². The second-order valence-corrected chi connectivity index (χ2v) is 4.18. The molecule has 1 rings (SSSR count). The van der Waals surface area contributed by atoms with Crippen molar-refractivity contribution in [2.45, 2.75) is 51.0 Å². The van der Waals surface area contributed by atoms with Crippen LogP contribution in [0.1, 0.15) is 20.3 Å². The van der Waals surface area contributed by atoms with Gasteiger partial charge in [-0.2, -0.15) is 13.2 Å². The fraction of sp³-hybridized carbons (Fsp3) is 0.800. The molecule has 9 heteroatoms. The summed E-state index contributed by atoms with van der Waals surface area (Å²) in [4.78, 5) is 21.8. The van der Waals surface area contributed by atoms with Crippen molar-refractivity contribution in [3.8, 4) is 0 Å². The first-order valence-electron chi connectivity index (χ1n) is 5.49. The Morgan fingerprint density at radius 2 is 2.00 bits per heavy atom. The van der Waals surface area contributed by atoms with Crippen LogP contribution in [0, 0.1) is 0 Å². The van der Waals surface area contributed by atoms with E-state index in [1.165, 1.54) is 6.92 Å². The van der Waals surface area contributed by atoms with Crippen LogP contribution in [0.5, 0.6) is 0 Å². The smallest absolute Gasteiger partial charge is 0.458 e. The number of ether oxygens (including phenoxy) is 2. The number of aliphatic hydroxyl groups excluding tert-OH is 1. The van der Waals surface area contributed by atoms with E-state index >= 15 is 0 Å². The first-order valence-corrected chi connectivity index (χ1v) is 5.49. The van der Waals surface area contributed by atoms with Gasteiger partial charge < -0.3 is 19.9 Å². The van der Waals surface area contributed by atoms with Gasteiger partial charge in [0.25, 0.3) is 0 Å². The molecular weight excluding hydrogens is 271 g/mol. The number of hydrogen-bond acceptors (Lipinski definition) is 5. The Bertz CT molecular complexity index is 360. The number of halogens is 3. The molecule has 2 N–H and O–H groups in total. The number of carbonyl (C=O) groups is 2. The average molecular weight is 285 g/mol. The van der Waals surface area contributed by atoms with Crippen LogP contribution in [-0.2, 0) is 19.1 Å². The third-order valence-corrected chi connectivity index (χ3v) is 2.56. The quantitative estimate of drug-likeness (QED) is 0.703. The second kappa shape index (κ2) is 5.74. The van der Waals surface area contributed by atoms with E-state index in [9.17, 15) is 27.9 Å². The summed E-state index contributed by atoms with van der Waals surface area (Å²) in [7, 11) is 0. The van der Waals surface area contributed by atoms with Crippen LogP contribution < -0.4 is 5.32 Å². The van der Waals surface area contributed by atoms with Crippen LogP contribution in [0.3, 0.4) is 0 Å². The van der Waals surface area contributed by atoms with E-state index in [4.69, 9.17) is 9.47 Å². The molecular formula is C10H14F3NO5. The predicted molar refractivity (Wildman–Crippen MR) is 54.7 cm³/mol. The summed E-state index contributed by atoms with van der Waals surface area (Å²) in [6.45, 7) is 2.50. The van der Waals surface area contributed by atoms with Crippen molar-refractivity contribution in [3.63, 3.8) is 0 Å². The van der Waals surface area contributed by atoms with Crippen LogP contribution in [0.4, 0.5) is 13.2 Å². The van der Waals surface area contributed by atoms with Crippen molar-refractivity contribution < 1.29 is 37.3 Å². The number of esters is 1. The van der Waals surface area contributed by atoms with Gasteiger partial charge in [-0.3, -0.25) is 9.59 Å². The fourth-order valence-corrected chi connectivity index (χ4v) is 1.82. The fourth-order valence-electron chi connectivity index (χ4n) is 1.82. The minimum absolute atomic E-state index is 0.301. The van der Waals surface area contributed by atoms with E-state index in [0.29, 0.717) is 0 Å². The summed E-state index contributed by atoms with van der Waals surface area (Å²) in [5, 5.41) is 11.0. The molecule has 1 fully saturated rings. The number of carbonyl (C=O) groups excluding carboxylic acids is 2. The summed E-state index contributed by atoms with van der Waals surface area (Å²) < 4.78 is 46.3. The summed E-state index contributed by atoms with van der Waals surface area (Å²) in [5.41, 5.74) is 0. The molecule has 0 unspecified atom stereocenters. The monoisotopic (exact) mass is 285 g/mol. The van der Waals surface area contributed by atoms with Crippen LogP contribution in [0.15, 0.2) is 0 Å². The van der Waals surface area contributed by atoms with Gasteiger partial charge in [0.05, 0.1) is 12.1 Å². The van der Waals surface area contributed by atoms with Gasteiger partial charge in [-0.25, -0.2) is 0 Å². The molecule has 0 aromatic heterocycles. The SMILES string of the molecule is CC(=O)O[C@@H]1[C@@H](NC(=O)C(F)(F)F)C[C@@H](O)O[C@H]1C. The van der Waals surface area contributed by atoms with E-state index in [1.807, 2.05) is 0 Å². The number of nitrogens with one attached hydrogen (secondary N) is 1. The van der Waals surface area contributed by atoms with E-state index < -0.39 is 42.6 Å². The average Bonchev–Trinajstić information content (AvgIpc) is 2.21. The van der Waals surface area contributed by atoms with Gasteiger partial charge in [0.2, 0.25) is 0 Å². The molecule has 1 aliphatic heterocycles. The number of rotatable bonds is 2. The highest BCUT2D eigenvalue weighted by Crippen LogP contribution is 2.23. The minimum atomic E-state index is -5.05. The summed E-state index contributed by atoms with van der Waals surface area (Å²) in [6.07, 6.45) is -8.61. The summed E-state index contributed by atoms with van der Waals surface area (Å²) >= 11 is 0. The number of hydrogen-bond donors (Lipinski definition) is 2. The highest BCUT2D eigenvalue weighted by Gasteiger charge is 2.45. The Labute approximate surface area is 106 Å². The van der Waals surface area contributed by atoms with Gasteiger partial charge in [-0.1, -0.05) is 0 Å². The standard InChI is InChI=1S/C10H14F3NO5/c1-4-8(19-5(2)15)6(3-7(16)18-4)14-9(17)10(11,12)13/h4,6-8,16H,3H2,1-2H3,(H,14,17)/t4-,6-,7-,8-/m0/s1. The Morgan fingerprint density at radius 3 is 2.47 bits per heavy atom. The molecule has 0 aliphatic carbocycles. The third-order valence-electron chi connectivity index (χ3n) is 2.56. The Kier molecular flexibility index (Phi) is 4.75. The Morgan fingerprint density at radius 1 is 1.42 bits per heavy atom.